The lowest BCUT2D eigenvalue weighted by Crippen LogP contribution is -2.56. The van der Waals surface area contributed by atoms with Gasteiger partial charge in [0.05, 0.1) is 16.4 Å². The SMILES string of the molecule is O=S(=O)(Cc1ccco1)C1CN(S(=O)(=O)c2ccc(Br)cc2)C1. The van der Waals surface area contributed by atoms with Crippen molar-refractivity contribution in [3.8, 4) is 0 Å². The van der Waals surface area contributed by atoms with Gasteiger partial charge < -0.3 is 4.42 Å². The normalized spacial score (nSPS) is 17.1. The van der Waals surface area contributed by atoms with E-state index in [0.29, 0.717) is 5.76 Å². The van der Waals surface area contributed by atoms with Crippen LogP contribution in [0, 0.1) is 0 Å². The van der Waals surface area contributed by atoms with E-state index in [0.717, 1.165) is 4.47 Å². The lowest BCUT2D eigenvalue weighted by molar-refractivity contribution is 0.309. The second kappa shape index (κ2) is 6.04. The number of rotatable bonds is 5. The van der Waals surface area contributed by atoms with E-state index in [1.807, 2.05) is 0 Å². The summed E-state index contributed by atoms with van der Waals surface area (Å²) in [7, 11) is -7.09. The Balaban J connectivity index is 1.69. The second-order valence-corrected chi connectivity index (χ2v) is 10.4. The number of hydrogen-bond acceptors (Lipinski definition) is 5. The maximum atomic E-state index is 12.4. The minimum absolute atomic E-state index is 0.0264. The Labute approximate surface area is 143 Å². The van der Waals surface area contributed by atoms with Gasteiger partial charge in [0.15, 0.2) is 9.84 Å². The molecule has 3 rings (SSSR count). The number of sulfone groups is 1. The van der Waals surface area contributed by atoms with Gasteiger partial charge in [0.25, 0.3) is 0 Å². The van der Waals surface area contributed by atoms with Crippen LogP contribution in [-0.2, 0) is 25.6 Å². The molecule has 1 aromatic carbocycles. The van der Waals surface area contributed by atoms with Crippen LogP contribution >= 0.6 is 15.9 Å². The summed E-state index contributed by atoms with van der Waals surface area (Å²) in [4.78, 5) is 0.155. The molecule has 2 heterocycles. The molecule has 2 aromatic rings. The van der Waals surface area contributed by atoms with E-state index in [9.17, 15) is 16.8 Å². The molecule has 0 unspecified atom stereocenters. The molecule has 0 spiro atoms. The van der Waals surface area contributed by atoms with Crippen molar-refractivity contribution in [1.82, 2.24) is 4.31 Å². The average Bonchev–Trinajstić information content (AvgIpc) is 2.88. The number of sulfonamides is 1. The number of furan rings is 1. The predicted molar refractivity (Wildman–Crippen MR) is 88.0 cm³/mol. The van der Waals surface area contributed by atoms with Crippen LogP contribution in [0.15, 0.2) is 56.4 Å². The third-order valence-corrected chi connectivity index (χ3v) is 8.07. The van der Waals surface area contributed by atoms with E-state index < -0.39 is 25.1 Å². The molecular formula is C14H14BrNO5S2. The smallest absolute Gasteiger partial charge is 0.243 e. The van der Waals surface area contributed by atoms with Gasteiger partial charge in [-0.1, -0.05) is 15.9 Å². The number of hydrogen-bond donors (Lipinski definition) is 0. The molecule has 1 saturated heterocycles. The van der Waals surface area contributed by atoms with Crippen LogP contribution in [-0.4, -0.2) is 39.5 Å². The van der Waals surface area contributed by atoms with Gasteiger partial charge in [-0.25, -0.2) is 16.8 Å². The van der Waals surface area contributed by atoms with Gasteiger partial charge in [0, 0.05) is 17.6 Å². The summed E-state index contributed by atoms with van der Waals surface area (Å²) < 4.78 is 56.3. The van der Waals surface area contributed by atoms with Gasteiger partial charge in [0.2, 0.25) is 10.0 Å². The molecule has 0 atom stereocenters. The van der Waals surface area contributed by atoms with Crippen molar-refractivity contribution in [1.29, 1.82) is 0 Å². The second-order valence-electron chi connectivity index (χ2n) is 5.28. The Hall–Kier alpha value is -1.16. The van der Waals surface area contributed by atoms with Crippen molar-refractivity contribution in [2.24, 2.45) is 0 Å². The van der Waals surface area contributed by atoms with Crippen molar-refractivity contribution in [2.45, 2.75) is 15.9 Å². The lowest BCUT2D eigenvalue weighted by atomic mass is 10.3. The first-order chi connectivity index (χ1) is 10.8. The fraction of sp³-hybridized carbons (Fsp3) is 0.286. The minimum atomic E-state index is -3.65. The standard InChI is InChI=1S/C14H14BrNO5S2/c15-11-3-5-13(6-4-11)23(19,20)16-8-14(9-16)22(17,18)10-12-2-1-7-21-12/h1-7,14H,8-10H2. The Morgan fingerprint density at radius 1 is 1.09 bits per heavy atom. The molecule has 0 N–H and O–H groups in total. The summed E-state index contributed by atoms with van der Waals surface area (Å²) in [5.41, 5.74) is 0. The van der Waals surface area contributed by atoms with Crippen LogP contribution in [0.3, 0.4) is 0 Å². The molecule has 0 radical (unpaired) electrons. The van der Waals surface area contributed by atoms with Crippen molar-refractivity contribution in [3.05, 3.63) is 52.9 Å². The van der Waals surface area contributed by atoms with Crippen molar-refractivity contribution < 1.29 is 21.3 Å². The lowest BCUT2D eigenvalue weighted by Gasteiger charge is -2.37. The number of nitrogens with zero attached hydrogens (tertiary/aromatic N) is 1. The van der Waals surface area contributed by atoms with Crippen LogP contribution in [0.2, 0.25) is 0 Å². The molecule has 0 bridgehead atoms. The molecule has 6 nitrogen and oxygen atoms in total. The maximum Gasteiger partial charge on any atom is 0.243 e. The van der Waals surface area contributed by atoms with E-state index in [1.54, 1.807) is 24.3 Å². The largest absolute Gasteiger partial charge is 0.468 e. The molecule has 23 heavy (non-hydrogen) atoms. The van der Waals surface area contributed by atoms with Gasteiger partial charge in [-0.05, 0) is 36.4 Å². The summed E-state index contributed by atoms with van der Waals surface area (Å²) in [6, 6.07) is 9.46. The molecule has 1 fully saturated rings. The van der Waals surface area contributed by atoms with Crippen molar-refractivity contribution in [3.63, 3.8) is 0 Å². The summed E-state index contributed by atoms with van der Waals surface area (Å²) >= 11 is 3.25. The maximum absolute atomic E-state index is 12.4. The minimum Gasteiger partial charge on any atom is -0.468 e. The van der Waals surface area contributed by atoms with E-state index in [4.69, 9.17) is 4.42 Å². The zero-order valence-electron chi connectivity index (χ0n) is 11.9. The fourth-order valence-electron chi connectivity index (χ4n) is 2.29. The predicted octanol–water partition coefficient (Wildman–Crippen LogP) is 2.03. The zero-order chi connectivity index (χ0) is 16.7. The highest BCUT2D eigenvalue weighted by atomic mass is 79.9. The van der Waals surface area contributed by atoms with Crippen molar-refractivity contribution >= 4 is 35.8 Å². The highest BCUT2D eigenvalue weighted by molar-refractivity contribution is 9.10. The molecule has 1 aliphatic rings. The summed E-state index contributed by atoms with van der Waals surface area (Å²) in [6.07, 6.45) is 1.41. The zero-order valence-corrected chi connectivity index (χ0v) is 15.1. The van der Waals surface area contributed by atoms with Crippen LogP contribution in [0.4, 0.5) is 0 Å². The van der Waals surface area contributed by atoms with Gasteiger partial charge in [0.1, 0.15) is 11.5 Å². The molecule has 0 saturated carbocycles. The van der Waals surface area contributed by atoms with E-state index in [-0.39, 0.29) is 23.7 Å². The summed E-state index contributed by atoms with van der Waals surface area (Å²) in [6.45, 7) is -0.0527. The molecule has 1 aliphatic heterocycles. The summed E-state index contributed by atoms with van der Waals surface area (Å²) in [5.74, 6) is 0.149. The first-order valence-corrected chi connectivity index (χ1v) is 10.7. The molecule has 0 amide bonds. The first-order valence-electron chi connectivity index (χ1n) is 6.79. The Bertz CT molecular complexity index is 883. The summed E-state index contributed by atoms with van der Waals surface area (Å²) in [5, 5.41) is -0.696. The molecule has 124 valence electrons. The van der Waals surface area contributed by atoms with E-state index in [1.165, 1.54) is 22.7 Å². The van der Waals surface area contributed by atoms with Crippen LogP contribution in [0.5, 0.6) is 0 Å². The van der Waals surface area contributed by atoms with Crippen LogP contribution in [0.25, 0.3) is 0 Å². The highest BCUT2D eigenvalue weighted by Gasteiger charge is 2.43. The van der Waals surface area contributed by atoms with Crippen LogP contribution < -0.4 is 0 Å². The van der Waals surface area contributed by atoms with Gasteiger partial charge in [-0.15, -0.1) is 0 Å². The van der Waals surface area contributed by atoms with Crippen LogP contribution in [0.1, 0.15) is 5.76 Å². The monoisotopic (exact) mass is 419 g/mol. The molecular weight excluding hydrogens is 406 g/mol. The number of benzene rings is 1. The van der Waals surface area contributed by atoms with Gasteiger partial charge in [-0.2, -0.15) is 4.31 Å². The molecule has 9 heteroatoms. The molecule has 1 aromatic heterocycles. The van der Waals surface area contributed by atoms with Crippen molar-refractivity contribution in [2.75, 3.05) is 13.1 Å². The van der Waals surface area contributed by atoms with E-state index >= 15 is 0 Å². The third kappa shape index (κ3) is 3.37. The Morgan fingerprint density at radius 3 is 2.30 bits per heavy atom. The Morgan fingerprint density at radius 2 is 1.74 bits per heavy atom. The fourth-order valence-corrected chi connectivity index (χ4v) is 5.88. The van der Waals surface area contributed by atoms with Gasteiger partial charge >= 0.3 is 0 Å². The highest BCUT2D eigenvalue weighted by Crippen LogP contribution is 2.27. The number of halogens is 1. The molecule has 0 aliphatic carbocycles. The van der Waals surface area contributed by atoms with Gasteiger partial charge in [-0.3, -0.25) is 0 Å². The third-order valence-electron chi connectivity index (χ3n) is 3.70. The van der Waals surface area contributed by atoms with E-state index in [2.05, 4.69) is 15.9 Å². The first kappa shape index (κ1) is 16.7. The quantitative estimate of drug-likeness (QED) is 0.739. The average molecular weight is 420 g/mol. The topological polar surface area (TPSA) is 84.7 Å². The Kier molecular flexibility index (Phi) is 4.39.